The minimum Gasteiger partial charge on any atom is -0.313 e. The molecule has 4 nitrogen and oxygen atoms in total. The number of hydrogen-bond donors (Lipinski definition) is 1. The fourth-order valence-electron chi connectivity index (χ4n) is 1.45. The van der Waals surface area contributed by atoms with Crippen LogP contribution in [0, 0.1) is 0 Å². The van der Waals surface area contributed by atoms with E-state index >= 15 is 0 Å². The second kappa shape index (κ2) is 5.09. The van der Waals surface area contributed by atoms with Crippen molar-refractivity contribution >= 4 is 11.6 Å². The third-order valence-corrected chi connectivity index (χ3v) is 2.40. The summed E-state index contributed by atoms with van der Waals surface area (Å²) >= 11 is 5.84. The van der Waals surface area contributed by atoms with Gasteiger partial charge in [-0.1, -0.05) is 24.6 Å². The molecule has 84 valence electrons. The van der Waals surface area contributed by atoms with Crippen molar-refractivity contribution in [3.05, 3.63) is 41.3 Å². The Labute approximate surface area is 99.3 Å². The maximum atomic E-state index is 5.84. The molecular formula is C11H13ClN4. The Morgan fingerprint density at radius 3 is 3.06 bits per heavy atom. The zero-order valence-corrected chi connectivity index (χ0v) is 9.78. The first-order valence-corrected chi connectivity index (χ1v) is 5.54. The average Bonchev–Trinajstić information content (AvgIpc) is 2.73. The van der Waals surface area contributed by atoms with Crippen molar-refractivity contribution in [1.82, 2.24) is 20.1 Å². The van der Waals surface area contributed by atoms with E-state index in [0.29, 0.717) is 5.02 Å². The largest absolute Gasteiger partial charge is 0.313 e. The second-order valence-corrected chi connectivity index (χ2v) is 3.81. The van der Waals surface area contributed by atoms with Gasteiger partial charge in [-0.15, -0.1) is 0 Å². The Morgan fingerprint density at radius 1 is 1.50 bits per heavy atom. The van der Waals surface area contributed by atoms with Gasteiger partial charge in [-0.2, -0.15) is 5.10 Å². The molecule has 1 N–H and O–H groups in total. The van der Waals surface area contributed by atoms with E-state index in [1.54, 1.807) is 23.3 Å². The van der Waals surface area contributed by atoms with Crippen LogP contribution in [0.1, 0.15) is 12.5 Å². The predicted molar refractivity (Wildman–Crippen MR) is 63.7 cm³/mol. The molecule has 0 saturated heterocycles. The molecule has 5 heteroatoms. The summed E-state index contributed by atoms with van der Waals surface area (Å²) in [6.45, 7) is 3.77. The number of rotatable bonds is 4. The zero-order chi connectivity index (χ0) is 11.4. The molecule has 2 rings (SSSR count). The van der Waals surface area contributed by atoms with Crippen LogP contribution in [0.4, 0.5) is 0 Å². The molecule has 0 aliphatic carbocycles. The van der Waals surface area contributed by atoms with Crippen LogP contribution in [0.25, 0.3) is 5.82 Å². The van der Waals surface area contributed by atoms with Crippen LogP contribution in [0.2, 0.25) is 5.02 Å². The Bertz CT molecular complexity index is 467. The zero-order valence-electron chi connectivity index (χ0n) is 9.02. The van der Waals surface area contributed by atoms with Gasteiger partial charge in [-0.3, -0.25) is 0 Å². The van der Waals surface area contributed by atoms with Gasteiger partial charge in [0.2, 0.25) is 0 Å². The molecular weight excluding hydrogens is 224 g/mol. The summed E-state index contributed by atoms with van der Waals surface area (Å²) in [4.78, 5) is 4.32. The third-order valence-electron chi connectivity index (χ3n) is 2.20. The van der Waals surface area contributed by atoms with E-state index in [0.717, 1.165) is 24.5 Å². The molecule has 2 aromatic heterocycles. The lowest BCUT2D eigenvalue weighted by molar-refractivity contribution is 0.710. The first-order valence-electron chi connectivity index (χ1n) is 5.16. The number of halogens is 1. The summed E-state index contributed by atoms with van der Waals surface area (Å²) < 4.78 is 1.69. The van der Waals surface area contributed by atoms with Crippen LogP contribution in [0.5, 0.6) is 0 Å². The van der Waals surface area contributed by atoms with Crippen LogP contribution < -0.4 is 5.32 Å². The van der Waals surface area contributed by atoms with E-state index in [1.165, 1.54) is 0 Å². The summed E-state index contributed by atoms with van der Waals surface area (Å²) in [5, 5.41) is 8.03. The molecule has 16 heavy (non-hydrogen) atoms. The molecule has 0 fully saturated rings. The Hall–Kier alpha value is -1.39. The van der Waals surface area contributed by atoms with Gasteiger partial charge < -0.3 is 5.32 Å². The summed E-state index contributed by atoms with van der Waals surface area (Å²) in [5.74, 6) is 0.815. The molecule has 0 spiro atoms. The van der Waals surface area contributed by atoms with Crippen LogP contribution in [0.15, 0.2) is 30.7 Å². The number of aromatic nitrogens is 3. The minimum absolute atomic E-state index is 0.611. The quantitative estimate of drug-likeness (QED) is 0.884. The highest BCUT2D eigenvalue weighted by Gasteiger charge is 2.06. The van der Waals surface area contributed by atoms with Gasteiger partial charge in [0.15, 0.2) is 5.82 Å². The SMILES string of the molecule is CCNCc1cccnc1-n1cc(Cl)cn1. The van der Waals surface area contributed by atoms with Crippen molar-refractivity contribution in [1.29, 1.82) is 0 Å². The van der Waals surface area contributed by atoms with Crippen molar-refractivity contribution in [2.24, 2.45) is 0 Å². The molecule has 0 amide bonds. The lowest BCUT2D eigenvalue weighted by Crippen LogP contribution is -2.14. The molecule has 0 aliphatic heterocycles. The predicted octanol–water partition coefficient (Wildman–Crippen LogP) is 2.03. The number of hydrogen-bond acceptors (Lipinski definition) is 3. The van der Waals surface area contributed by atoms with Gasteiger partial charge in [0.05, 0.1) is 17.4 Å². The minimum atomic E-state index is 0.611. The second-order valence-electron chi connectivity index (χ2n) is 3.37. The van der Waals surface area contributed by atoms with Gasteiger partial charge >= 0.3 is 0 Å². The van der Waals surface area contributed by atoms with E-state index in [9.17, 15) is 0 Å². The highest BCUT2D eigenvalue weighted by Crippen LogP contribution is 2.13. The lowest BCUT2D eigenvalue weighted by Gasteiger charge is -2.08. The van der Waals surface area contributed by atoms with Gasteiger partial charge in [0.25, 0.3) is 0 Å². The van der Waals surface area contributed by atoms with E-state index < -0.39 is 0 Å². The standard InChI is InChI=1S/C11H13ClN4/c1-2-13-6-9-4-3-5-14-11(9)16-8-10(12)7-15-16/h3-5,7-8,13H,2,6H2,1H3. The van der Waals surface area contributed by atoms with Gasteiger partial charge in [0, 0.05) is 18.3 Å². The summed E-state index contributed by atoms with van der Waals surface area (Å²) in [5.41, 5.74) is 1.10. The molecule has 2 heterocycles. The van der Waals surface area contributed by atoms with E-state index in [4.69, 9.17) is 11.6 Å². The molecule has 0 aromatic carbocycles. The van der Waals surface area contributed by atoms with Crippen LogP contribution in [-0.2, 0) is 6.54 Å². The van der Waals surface area contributed by atoms with E-state index in [1.807, 2.05) is 12.1 Å². The number of nitrogens with zero attached hydrogens (tertiary/aromatic N) is 3. The van der Waals surface area contributed by atoms with Crippen molar-refractivity contribution in [3.63, 3.8) is 0 Å². The van der Waals surface area contributed by atoms with Gasteiger partial charge in [-0.25, -0.2) is 9.67 Å². The molecule has 0 atom stereocenters. The van der Waals surface area contributed by atoms with Crippen molar-refractivity contribution in [3.8, 4) is 5.82 Å². The van der Waals surface area contributed by atoms with Crippen LogP contribution >= 0.6 is 11.6 Å². The van der Waals surface area contributed by atoms with Crippen LogP contribution in [-0.4, -0.2) is 21.3 Å². The third kappa shape index (κ3) is 2.40. The monoisotopic (exact) mass is 236 g/mol. The Morgan fingerprint density at radius 2 is 2.38 bits per heavy atom. The molecule has 0 unspecified atom stereocenters. The Balaban J connectivity index is 2.32. The lowest BCUT2D eigenvalue weighted by atomic mass is 10.2. The summed E-state index contributed by atoms with van der Waals surface area (Å²) in [6, 6.07) is 3.95. The summed E-state index contributed by atoms with van der Waals surface area (Å²) in [6.07, 6.45) is 5.10. The molecule has 0 bridgehead atoms. The fourth-order valence-corrected chi connectivity index (χ4v) is 1.59. The molecule has 2 aromatic rings. The smallest absolute Gasteiger partial charge is 0.157 e. The van der Waals surface area contributed by atoms with E-state index in [-0.39, 0.29) is 0 Å². The van der Waals surface area contributed by atoms with Crippen molar-refractivity contribution in [2.45, 2.75) is 13.5 Å². The maximum absolute atomic E-state index is 5.84. The van der Waals surface area contributed by atoms with E-state index in [2.05, 4.69) is 22.3 Å². The molecule has 0 radical (unpaired) electrons. The van der Waals surface area contributed by atoms with Crippen LogP contribution in [0.3, 0.4) is 0 Å². The summed E-state index contributed by atoms with van der Waals surface area (Å²) in [7, 11) is 0. The highest BCUT2D eigenvalue weighted by atomic mass is 35.5. The number of pyridine rings is 1. The normalized spacial score (nSPS) is 10.6. The highest BCUT2D eigenvalue weighted by molar-refractivity contribution is 6.30. The van der Waals surface area contributed by atoms with Gasteiger partial charge in [0.1, 0.15) is 0 Å². The maximum Gasteiger partial charge on any atom is 0.157 e. The Kier molecular flexibility index (Phi) is 3.54. The topological polar surface area (TPSA) is 42.7 Å². The fraction of sp³-hybridized carbons (Fsp3) is 0.273. The first kappa shape index (κ1) is 11.1. The van der Waals surface area contributed by atoms with Gasteiger partial charge in [-0.05, 0) is 12.6 Å². The molecule has 0 saturated carbocycles. The average molecular weight is 237 g/mol. The number of nitrogens with one attached hydrogen (secondary N) is 1. The first-order chi connectivity index (χ1) is 7.81. The molecule has 0 aliphatic rings. The van der Waals surface area contributed by atoms with Crippen molar-refractivity contribution in [2.75, 3.05) is 6.54 Å². The van der Waals surface area contributed by atoms with Crippen molar-refractivity contribution < 1.29 is 0 Å².